The predicted octanol–water partition coefficient (Wildman–Crippen LogP) is 3.46. The fourth-order valence-electron chi connectivity index (χ4n) is 3.38. The third-order valence-corrected chi connectivity index (χ3v) is 4.93. The minimum Gasteiger partial charge on any atom is -0.444 e. The monoisotopic (exact) mass is 296 g/mol. The van der Waals surface area contributed by atoms with Gasteiger partial charge in [0, 0.05) is 18.1 Å². The van der Waals surface area contributed by atoms with Gasteiger partial charge in [-0.05, 0) is 64.7 Å². The zero-order chi connectivity index (χ0) is 15.6. The van der Waals surface area contributed by atoms with Gasteiger partial charge in [-0.15, -0.1) is 0 Å². The molecule has 2 aliphatic rings. The topological polar surface area (TPSA) is 50.4 Å². The van der Waals surface area contributed by atoms with Gasteiger partial charge in [0.25, 0.3) is 0 Å². The summed E-state index contributed by atoms with van der Waals surface area (Å²) in [6, 6.07) is 1.51. The molecule has 0 bridgehead atoms. The van der Waals surface area contributed by atoms with Crippen LogP contribution in [0.4, 0.5) is 4.79 Å². The molecule has 0 radical (unpaired) electrons. The van der Waals surface area contributed by atoms with Gasteiger partial charge in [-0.3, -0.25) is 0 Å². The summed E-state index contributed by atoms with van der Waals surface area (Å²) < 4.78 is 5.28. The molecule has 0 spiro atoms. The lowest BCUT2D eigenvalue weighted by Crippen LogP contribution is -2.55. The Hall–Kier alpha value is -0.770. The van der Waals surface area contributed by atoms with E-state index in [0.717, 1.165) is 24.7 Å². The van der Waals surface area contributed by atoms with Crippen LogP contribution in [0.1, 0.15) is 66.7 Å². The van der Waals surface area contributed by atoms with E-state index in [4.69, 9.17) is 4.74 Å². The van der Waals surface area contributed by atoms with E-state index in [1.807, 2.05) is 20.8 Å². The molecule has 0 aliphatic heterocycles. The van der Waals surface area contributed by atoms with Crippen molar-refractivity contribution >= 4 is 6.09 Å². The molecule has 2 N–H and O–H groups in total. The van der Waals surface area contributed by atoms with E-state index < -0.39 is 5.60 Å². The van der Waals surface area contributed by atoms with Crippen molar-refractivity contribution in [3.8, 4) is 0 Å². The molecule has 3 unspecified atom stereocenters. The second-order valence-corrected chi connectivity index (χ2v) is 8.14. The van der Waals surface area contributed by atoms with Gasteiger partial charge in [0.15, 0.2) is 0 Å². The molecule has 4 nitrogen and oxygen atoms in total. The molecule has 4 heteroatoms. The maximum Gasteiger partial charge on any atom is 0.407 e. The molecule has 2 aliphatic carbocycles. The van der Waals surface area contributed by atoms with E-state index in [1.54, 1.807) is 0 Å². The minimum atomic E-state index is -0.416. The first-order valence-electron chi connectivity index (χ1n) is 8.48. The number of carbonyl (C=O) groups is 1. The molecule has 1 amide bonds. The fourth-order valence-corrected chi connectivity index (χ4v) is 3.38. The SMILES string of the molecule is CC1CCC(NC2CC(NC(=O)OC(C)(C)C)C2)CC1C. The molecular weight excluding hydrogens is 264 g/mol. The lowest BCUT2D eigenvalue weighted by atomic mass is 9.77. The smallest absolute Gasteiger partial charge is 0.407 e. The number of rotatable bonds is 3. The average Bonchev–Trinajstić information content (AvgIpc) is 2.28. The Morgan fingerprint density at radius 2 is 1.62 bits per heavy atom. The fraction of sp³-hybridized carbons (Fsp3) is 0.941. The number of ether oxygens (including phenoxy) is 1. The summed E-state index contributed by atoms with van der Waals surface area (Å²) in [6.07, 6.45) is 5.70. The Morgan fingerprint density at radius 3 is 2.19 bits per heavy atom. The lowest BCUT2D eigenvalue weighted by molar-refractivity contribution is 0.0459. The van der Waals surface area contributed by atoms with E-state index in [1.165, 1.54) is 19.3 Å². The van der Waals surface area contributed by atoms with Gasteiger partial charge in [-0.2, -0.15) is 0 Å². The average molecular weight is 296 g/mol. The van der Waals surface area contributed by atoms with E-state index >= 15 is 0 Å². The van der Waals surface area contributed by atoms with Crippen LogP contribution in [0.2, 0.25) is 0 Å². The lowest BCUT2D eigenvalue weighted by Gasteiger charge is -2.41. The van der Waals surface area contributed by atoms with Crippen LogP contribution in [-0.2, 0) is 4.74 Å². The van der Waals surface area contributed by atoms with Crippen LogP contribution in [0.5, 0.6) is 0 Å². The summed E-state index contributed by atoms with van der Waals surface area (Å²) in [5, 5.41) is 6.72. The number of hydrogen-bond donors (Lipinski definition) is 2. The third kappa shape index (κ3) is 5.17. The van der Waals surface area contributed by atoms with Crippen LogP contribution in [0.3, 0.4) is 0 Å². The largest absolute Gasteiger partial charge is 0.444 e. The molecule has 0 saturated heterocycles. The van der Waals surface area contributed by atoms with Crippen molar-refractivity contribution in [1.82, 2.24) is 10.6 Å². The molecular formula is C17H32N2O2. The van der Waals surface area contributed by atoms with Crippen molar-refractivity contribution in [1.29, 1.82) is 0 Å². The molecule has 2 saturated carbocycles. The van der Waals surface area contributed by atoms with E-state index in [-0.39, 0.29) is 12.1 Å². The molecule has 3 atom stereocenters. The van der Waals surface area contributed by atoms with Crippen LogP contribution in [0.15, 0.2) is 0 Å². The van der Waals surface area contributed by atoms with Gasteiger partial charge in [0.05, 0.1) is 0 Å². The van der Waals surface area contributed by atoms with Crippen molar-refractivity contribution in [2.75, 3.05) is 0 Å². The molecule has 122 valence electrons. The Kier molecular flexibility index (Phi) is 5.18. The first-order chi connectivity index (χ1) is 9.73. The highest BCUT2D eigenvalue weighted by atomic mass is 16.6. The first kappa shape index (κ1) is 16.6. The third-order valence-electron chi connectivity index (χ3n) is 4.93. The molecule has 2 rings (SSSR count). The standard InChI is InChI=1S/C17H32N2O2/c1-11-6-7-13(8-12(11)2)18-14-9-15(10-14)19-16(20)21-17(3,4)5/h11-15,18H,6-10H2,1-5H3,(H,19,20). The van der Waals surface area contributed by atoms with Crippen molar-refractivity contribution < 1.29 is 9.53 Å². The van der Waals surface area contributed by atoms with Gasteiger partial charge >= 0.3 is 6.09 Å². The summed E-state index contributed by atoms with van der Waals surface area (Å²) >= 11 is 0. The Bertz CT molecular complexity index is 358. The van der Waals surface area contributed by atoms with Crippen molar-refractivity contribution in [3.63, 3.8) is 0 Å². The highest BCUT2D eigenvalue weighted by Crippen LogP contribution is 2.31. The number of carbonyl (C=O) groups excluding carboxylic acids is 1. The van der Waals surface area contributed by atoms with Crippen LogP contribution < -0.4 is 10.6 Å². The second kappa shape index (κ2) is 6.55. The van der Waals surface area contributed by atoms with Crippen LogP contribution in [-0.4, -0.2) is 29.8 Å². The summed E-state index contributed by atoms with van der Waals surface area (Å²) in [6.45, 7) is 10.4. The van der Waals surface area contributed by atoms with Gasteiger partial charge in [-0.25, -0.2) is 4.79 Å². The van der Waals surface area contributed by atoms with Crippen molar-refractivity contribution in [3.05, 3.63) is 0 Å². The van der Waals surface area contributed by atoms with Gasteiger partial charge in [0.1, 0.15) is 5.60 Å². The van der Waals surface area contributed by atoms with Gasteiger partial charge in [-0.1, -0.05) is 13.8 Å². The van der Waals surface area contributed by atoms with Crippen molar-refractivity contribution in [2.45, 2.75) is 90.4 Å². The van der Waals surface area contributed by atoms with Crippen LogP contribution in [0.25, 0.3) is 0 Å². The highest BCUT2D eigenvalue weighted by Gasteiger charge is 2.34. The van der Waals surface area contributed by atoms with E-state index in [9.17, 15) is 4.79 Å². The highest BCUT2D eigenvalue weighted by molar-refractivity contribution is 5.68. The zero-order valence-electron chi connectivity index (χ0n) is 14.2. The Morgan fingerprint density at radius 1 is 0.952 bits per heavy atom. The maximum absolute atomic E-state index is 11.7. The number of amides is 1. The molecule has 0 heterocycles. The van der Waals surface area contributed by atoms with E-state index in [0.29, 0.717) is 12.1 Å². The quantitative estimate of drug-likeness (QED) is 0.838. The molecule has 0 aromatic rings. The second-order valence-electron chi connectivity index (χ2n) is 8.14. The maximum atomic E-state index is 11.7. The summed E-state index contributed by atoms with van der Waals surface area (Å²) in [5.74, 6) is 1.69. The van der Waals surface area contributed by atoms with Crippen LogP contribution >= 0.6 is 0 Å². The van der Waals surface area contributed by atoms with E-state index in [2.05, 4.69) is 24.5 Å². The minimum absolute atomic E-state index is 0.275. The molecule has 0 aromatic carbocycles. The van der Waals surface area contributed by atoms with Crippen molar-refractivity contribution in [2.24, 2.45) is 11.8 Å². The summed E-state index contributed by atoms with van der Waals surface area (Å²) in [5.41, 5.74) is -0.416. The molecule has 2 fully saturated rings. The molecule has 21 heavy (non-hydrogen) atoms. The Labute approximate surface area is 129 Å². The van der Waals surface area contributed by atoms with Crippen LogP contribution in [0, 0.1) is 11.8 Å². The molecule has 0 aromatic heterocycles. The Balaban J connectivity index is 1.62. The summed E-state index contributed by atoms with van der Waals surface area (Å²) in [4.78, 5) is 11.7. The number of nitrogens with one attached hydrogen (secondary N) is 2. The normalized spacial score (nSPS) is 36.7. The van der Waals surface area contributed by atoms with Gasteiger partial charge < -0.3 is 15.4 Å². The number of hydrogen-bond acceptors (Lipinski definition) is 3. The predicted molar refractivity (Wildman–Crippen MR) is 85.3 cm³/mol. The first-order valence-corrected chi connectivity index (χ1v) is 8.48. The van der Waals surface area contributed by atoms with Gasteiger partial charge in [0.2, 0.25) is 0 Å². The zero-order valence-corrected chi connectivity index (χ0v) is 14.2. The number of alkyl carbamates (subject to hydrolysis) is 1. The summed E-state index contributed by atoms with van der Waals surface area (Å²) in [7, 11) is 0.